The zero-order chi connectivity index (χ0) is 52.4. The van der Waals surface area contributed by atoms with Gasteiger partial charge >= 0.3 is 0 Å². The molecule has 2 N–H and O–H groups in total. The molecule has 0 aromatic carbocycles. The van der Waals surface area contributed by atoms with Gasteiger partial charge < -0.3 is 19.7 Å². The number of aliphatic hydroxyl groups is 2. The fraction of sp³-hybridized carbons (Fsp3) is 0.946. The molecule has 13 fully saturated rings. The normalized spacial score (nSPS) is 47.7. The minimum atomic E-state index is -0.0745. The Morgan fingerprint density at radius 2 is 0.756 bits per heavy atom. The van der Waals surface area contributed by atoms with Gasteiger partial charge in [0.1, 0.15) is 0 Å². The Balaban J connectivity index is 0.778. The summed E-state index contributed by atoms with van der Waals surface area (Å²) in [5, 5.41) is 21.6. The van der Waals surface area contributed by atoms with E-state index in [-0.39, 0.29) is 12.2 Å². The highest BCUT2D eigenvalue weighted by Gasteiger charge is 2.57. The standard InChI is InChI=1S/C74H120O4/c75-57-39-35-52(36-40-57)69(64-27-13-17-50-15-7-9-23-62(50)64)45-49-29-31-54(32-30-49)73-66-25-11-12-26-67(66)74(68-44-43-61(48-71(68)73)77-59-19-3-1-4-20-59)56-34-33-55(72(47-56)78-60-21-5-2-6-22-60)46-70(53-37-41-58(76)42-38-53)65-28-14-18-51-16-8-10-24-63(51)65/h45-46,49-68,71-76H,1-44,47-48H2. The lowest BCUT2D eigenvalue weighted by Gasteiger charge is -2.61. The second kappa shape index (κ2) is 26.7. The van der Waals surface area contributed by atoms with Crippen molar-refractivity contribution in [3.63, 3.8) is 0 Å². The van der Waals surface area contributed by atoms with E-state index in [0.29, 0.717) is 36.3 Å². The number of fused-ring (bicyclic) bond motifs is 4. The molecule has 78 heavy (non-hydrogen) atoms. The van der Waals surface area contributed by atoms with Crippen molar-refractivity contribution in [1.29, 1.82) is 0 Å². The van der Waals surface area contributed by atoms with Crippen LogP contribution in [0.5, 0.6) is 0 Å². The number of rotatable bonds is 12. The molecule has 4 nitrogen and oxygen atoms in total. The molecular formula is C74H120O4. The first-order chi connectivity index (χ1) is 38.5. The summed E-state index contributed by atoms with van der Waals surface area (Å²) in [5.74, 6) is 15.5. The summed E-state index contributed by atoms with van der Waals surface area (Å²) in [6, 6.07) is 0. The third kappa shape index (κ3) is 12.8. The van der Waals surface area contributed by atoms with Gasteiger partial charge in [-0.1, -0.05) is 139 Å². The Kier molecular flexibility index (Phi) is 19.3. The lowest BCUT2D eigenvalue weighted by atomic mass is 9.44. The molecule has 0 bridgehead atoms. The third-order valence-corrected chi connectivity index (χ3v) is 27.6. The summed E-state index contributed by atoms with van der Waals surface area (Å²) in [6.07, 6.45) is 71.3. The van der Waals surface area contributed by atoms with Crippen LogP contribution >= 0.6 is 0 Å². The predicted molar refractivity (Wildman–Crippen MR) is 321 cm³/mol. The minimum absolute atomic E-state index is 0.0537. The van der Waals surface area contributed by atoms with Crippen molar-refractivity contribution in [2.45, 2.75) is 332 Å². The van der Waals surface area contributed by atoms with E-state index in [2.05, 4.69) is 12.2 Å². The van der Waals surface area contributed by atoms with Crippen LogP contribution < -0.4 is 0 Å². The van der Waals surface area contributed by atoms with Gasteiger partial charge in [-0.3, -0.25) is 0 Å². The fourth-order valence-corrected chi connectivity index (χ4v) is 24.1. The lowest BCUT2D eigenvalue weighted by molar-refractivity contribution is -0.156. The van der Waals surface area contributed by atoms with E-state index >= 15 is 0 Å². The Hall–Kier alpha value is -0.680. The monoisotopic (exact) mass is 1070 g/mol. The Bertz CT molecular complexity index is 1890. The van der Waals surface area contributed by atoms with E-state index < -0.39 is 0 Å². The summed E-state index contributed by atoms with van der Waals surface area (Å²) in [5.41, 5.74) is 3.85. The second-order valence-corrected chi connectivity index (χ2v) is 31.6. The maximum atomic E-state index is 10.9. The predicted octanol–water partition coefficient (Wildman–Crippen LogP) is 19.3. The van der Waals surface area contributed by atoms with Crippen LogP contribution in [0.1, 0.15) is 295 Å². The molecule has 13 rings (SSSR count). The highest BCUT2D eigenvalue weighted by molar-refractivity contribution is 5.20. The van der Waals surface area contributed by atoms with Crippen LogP contribution in [-0.4, -0.2) is 46.8 Å². The van der Waals surface area contributed by atoms with Crippen molar-refractivity contribution >= 4 is 0 Å². The first-order valence-corrected chi connectivity index (χ1v) is 36.6. The highest BCUT2D eigenvalue weighted by atomic mass is 16.5. The van der Waals surface area contributed by atoms with Gasteiger partial charge in [0.2, 0.25) is 0 Å². The number of hydrogen-bond acceptors (Lipinski definition) is 4. The quantitative estimate of drug-likeness (QED) is 0.191. The summed E-state index contributed by atoms with van der Waals surface area (Å²) in [6.45, 7) is 0. The molecule has 0 aromatic heterocycles. The van der Waals surface area contributed by atoms with Crippen LogP contribution in [0.4, 0.5) is 0 Å². The summed E-state index contributed by atoms with van der Waals surface area (Å²) in [4.78, 5) is 0. The second-order valence-electron chi connectivity index (χ2n) is 31.6. The van der Waals surface area contributed by atoms with Gasteiger partial charge in [-0.25, -0.2) is 0 Å². The van der Waals surface area contributed by atoms with Crippen LogP contribution in [0, 0.1) is 107 Å². The van der Waals surface area contributed by atoms with E-state index in [1.807, 2.05) is 11.1 Å². The van der Waals surface area contributed by atoms with E-state index in [0.717, 1.165) is 120 Å². The molecule has 0 spiro atoms. The van der Waals surface area contributed by atoms with Gasteiger partial charge in [0, 0.05) is 5.92 Å². The van der Waals surface area contributed by atoms with Crippen molar-refractivity contribution in [2.24, 2.45) is 107 Å². The molecule has 0 saturated heterocycles. The summed E-state index contributed by atoms with van der Waals surface area (Å²) >= 11 is 0. The molecule has 13 saturated carbocycles. The topological polar surface area (TPSA) is 58.9 Å². The van der Waals surface area contributed by atoms with Crippen molar-refractivity contribution in [3.8, 4) is 0 Å². The maximum absolute atomic E-state index is 10.9. The minimum Gasteiger partial charge on any atom is -0.393 e. The van der Waals surface area contributed by atoms with Crippen LogP contribution in [-0.2, 0) is 9.47 Å². The van der Waals surface area contributed by atoms with Gasteiger partial charge in [-0.2, -0.15) is 0 Å². The van der Waals surface area contributed by atoms with Crippen molar-refractivity contribution in [2.75, 3.05) is 0 Å². The van der Waals surface area contributed by atoms with E-state index in [1.54, 1.807) is 0 Å². The van der Waals surface area contributed by atoms with Gasteiger partial charge in [0.05, 0.1) is 36.6 Å². The van der Waals surface area contributed by atoms with E-state index in [4.69, 9.17) is 9.47 Å². The van der Waals surface area contributed by atoms with Gasteiger partial charge in [0.15, 0.2) is 0 Å². The first kappa shape index (κ1) is 56.5. The molecular weight excluding hydrogens is 953 g/mol. The number of aliphatic hydroxyl groups excluding tert-OH is 2. The number of ether oxygens (including phenoxy) is 2. The number of allylic oxidation sites excluding steroid dienone is 3. The van der Waals surface area contributed by atoms with Crippen molar-refractivity contribution in [3.05, 3.63) is 23.3 Å². The van der Waals surface area contributed by atoms with Gasteiger partial charge in [-0.15, -0.1) is 0 Å². The summed E-state index contributed by atoms with van der Waals surface area (Å²) in [7, 11) is 0. The highest BCUT2D eigenvalue weighted by Crippen LogP contribution is 2.64. The SMILES string of the molecule is OC1CCC(C(=CC2CCC(C3C4CCCCC4C(C4CCC(C=C(C5CCC(O)CC5)C5CCCC6CCCCC65)C(OC5CCCCC5)C4)C4CCC(OC5CCCCC5)CC43)CC2)C2CCCC3CCCCC32)CC1. The molecule has 13 aliphatic rings. The molecule has 440 valence electrons. The van der Waals surface area contributed by atoms with Crippen LogP contribution in [0.15, 0.2) is 23.3 Å². The van der Waals surface area contributed by atoms with Crippen LogP contribution in [0.3, 0.4) is 0 Å². The van der Waals surface area contributed by atoms with Gasteiger partial charge in [-0.05, 0) is 280 Å². The molecule has 4 heteroatoms. The molecule has 13 aliphatic carbocycles. The van der Waals surface area contributed by atoms with Gasteiger partial charge in [0.25, 0.3) is 0 Å². The molecule has 0 heterocycles. The molecule has 0 radical (unpaired) electrons. The Morgan fingerprint density at radius 3 is 1.33 bits per heavy atom. The molecule has 0 amide bonds. The first-order valence-electron chi connectivity index (χ1n) is 36.6. The molecule has 0 aliphatic heterocycles. The van der Waals surface area contributed by atoms with Crippen molar-refractivity contribution < 1.29 is 19.7 Å². The molecule has 16 atom stereocenters. The lowest BCUT2D eigenvalue weighted by Crippen LogP contribution is -2.55. The zero-order valence-corrected chi connectivity index (χ0v) is 50.2. The average Bonchev–Trinajstić information content (AvgIpc) is 3.62. The zero-order valence-electron chi connectivity index (χ0n) is 50.2. The molecule has 16 unspecified atom stereocenters. The van der Waals surface area contributed by atoms with E-state index in [9.17, 15) is 10.2 Å². The summed E-state index contributed by atoms with van der Waals surface area (Å²) < 4.78 is 15.2. The Labute approximate surface area is 479 Å². The van der Waals surface area contributed by atoms with Crippen LogP contribution in [0.25, 0.3) is 0 Å². The largest absolute Gasteiger partial charge is 0.393 e. The number of hydrogen-bond donors (Lipinski definition) is 2. The Morgan fingerprint density at radius 1 is 0.295 bits per heavy atom. The fourth-order valence-electron chi connectivity index (χ4n) is 24.1. The molecule has 0 aromatic rings. The smallest absolute Gasteiger partial charge is 0.0644 e. The van der Waals surface area contributed by atoms with E-state index in [1.165, 1.54) is 270 Å². The third-order valence-electron chi connectivity index (χ3n) is 27.6. The van der Waals surface area contributed by atoms with Crippen LogP contribution in [0.2, 0.25) is 0 Å². The van der Waals surface area contributed by atoms with Crippen molar-refractivity contribution in [1.82, 2.24) is 0 Å². The maximum Gasteiger partial charge on any atom is 0.0644 e. The average molecular weight is 1070 g/mol.